The molecule has 0 radical (unpaired) electrons. The lowest BCUT2D eigenvalue weighted by Gasteiger charge is -2.63. The Labute approximate surface area is 418 Å². The number of nitrogens with zero attached hydrogens (tertiary/aromatic N) is 1. The van der Waals surface area contributed by atoms with Crippen LogP contribution in [0.15, 0.2) is 0 Å². The van der Waals surface area contributed by atoms with Gasteiger partial charge < -0.3 is 38.1 Å². The molecule has 21 atom stereocenters. The quantitative estimate of drug-likeness (QED) is 0.0792. The standard InChI is InChI=1S/C31H58NO6P.C27H48O2.H2/c1-8-9-22(2)26-12-13-27-25-11-10-23-20-24(33)14-15-30(23,3)28(25)21-29(31(26,27)4)36-18-19-38-39(34,35)37-17-16-32(5,6)7;1-6-7-19(3)22-10-11-23-21-9-8-20-16-18(2)12-13-26(20,4)24(21)17-25(27(22,23)5)29-15-14-28;/h22-29,33H,8-21H2,1-7H3;18-25,28H,6-17H2,1-5H3;1H/t22-,23-,24-,25+,26-,27+,28+,29+,30+,31-;18-,19-,20-,21+,22-,23+,24+,25+,26+,27-;/m11./s1/i;;1+1. The van der Waals surface area contributed by atoms with Crippen LogP contribution in [0.1, 0.15) is 192 Å². The van der Waals surface area contributed by atoms with Crippen molar-refractivity contribution in [3.05, 3.63) is 0 Å². The number of phosphoric acid groups is 1. The number of hydrogen-bond acceptors (Lipinski definition) is 8. The molecule has 0 aromatic carbocycles. The molecule has 9 nitrogen and oxygen atoms in total. The highest BCUT2D eigenvalue weighted by Gasteiger charge is 2.66. The van der Waals surface area contributed by atoms with Gasteiger partial charge >= 0.3 is 0 Å². The first-order valence-electron chi connectivity index (χ1n) is 29.0. The first kappa shape index (κ1) is 55.7. The van der Waals surface area contributed by atoms with Crippen LogP contribution in [0.2, 0.25) is 0 Å². The molecular weight excluding hydrogens is 870 g/mol. The van der Waals surface area contributed by atoms with Crippen LogP contribution in [-0.4, -0.2) is 93.7 Å². The molecule has 10 heteroatoms. The van der Waals surface area contributed by atoms with E-state index in [0.29, 0.717) is 64.2 Å². The maximum absolute atomic E-state index is 12.3. The lowest BCUT2D eigenvalue weighted by atomic mass is 9.43. The molecule has 0 bridgehead atoms. The number of phosphoric ester groups is 1. The summed E-state index contributed by atoms with van der Waals surface area (Å²) >= 11 is 0. The highest BCUT2D eigenvalue weighted by molar-refractivity contribution is 7.45. The Kier molecular flexibility index (Phi) is 18.3. The van der Waals surface area contributed by atoms with Crippen LogP contribution in [0.3, 0.4) is 0 Å². The first-order chi connectivity index (χ1) is 32.1. The molecule has 8 fully saturated rings. The van der Waals surface area contributed by atoms with Crippen molar-refractivity contribution in [2.75, 3.05) is 60.7 Å². The van der Waals surface area contributed by atoms with E-state index in [4.69, 9.17) is 18.5 Å². The smallest absolute Gasteiger partial charge is 0.268 e. The zero-order chi connectivity index (χ0) is 49.5. The number of hydrogen-bond donors (Lipinski definition) is 2. The van der Waals surface area contributed by atoms with Gasteiger partial charge in [0.15, 0.2) is 0 Å². The normalized spacial score (nSPS) is 46.0. The molecule has 398 valence electrons. The lowest BCUT2D eigenvalue weighted by molar-refractivity contribution is -0.870. The Morgan fingerprint density at radius 3 is 1.63 bits per heavy atom. The van der Waals surface area contributed by atoms with Crippen molar-refractivity contribution >= 4 is 7.82 Å². The highest BCUT2D eigenvalue weighted by Crippen LogP contribution is 2.71. The zero-order valence-electron chi connectivity index (χ0n) is 45.9. The summed E-state index contributed by atoms with van der Waals surface area (Å²) < 4.78 is 36.6. The van der Waals surface area contributed by atoms with Gasteiger partial charge in [-0.2, -0.15) is 0 Å². The Balaban J connectivity index is 0.000000233. The van der Waals surface area contributed by atoms with Crippen molar-refractivity contribution in [1.82, 2.24) is 0 Å². The number of rotatable bonds is 18. The number of aliphatic hydroxyl groups is 2. The molecule has 1 unspecified atom stereocenters. The summed E-state index contributed by atoms with van der Waals surface area (Å²) in [5.74, 6) is 9.96. The summed E-state index contributed by atoms with van der Waals surface area (Å²) in [6, 6.07) is 0. The second-order valence-electron chi connectivity index (χ2n) is 27.3. The van der Waals surface area contributed by atoms with E-state index in [-0.39, 0.29) is 50.9 Å². The van der Waals surface area contributed by atoms with Gasteiger partial charge in [0, 0.05) is 1.43 Å². The van der Waals surface area contributed by atoms with Gasteiger partial charge in [0.2, 0.25) is 0 Å². The summed E-state index contributed by atoms with van der Waals surface area (Å²) in [4.78, 5) is 12.3. The van der Waals surface area contributed by atoms with Crippen molar-refractivity contribution in [2.45, 2.75) is 209 Å². The second-order valence-corrected chi connectivity index (χ2v) is 28.7. The minimum absolute atomic E-state index is 0. The Hall–Kier alpha value is -0.0900. The van der Waals surface area contributed by atoms with Crippen LogP contribution in [0, 0.1) is 98.6 Å². The van der Waals surface area contributed by atoms with E-state index in [1.165, 1.54) is 103 Å². The molecule has 8 aliphatic rings. The number of likely N-dealkylation sites (N-methyl/N-ethyl adjacent to an activating group) is 1. The number of quaternary nitrogens is 1. The van der Waals surface area contributed by atoms with Crippen molar-refractivity contribution < 1.29 is 44.1 Å². The third-order valence-electron chi connectivity index (χ3n) is 22.8. The average Bonchev–Trinajstić information content (AvgIpc) is 3.83. The number of ether oxygens (including phenoxy) is 2. The van der Waals surface area contributed by atoms with Gasteiger partial charge in [-0.05, 0) is 195 Å². The maximum atomic E-state index is 12.3. The van der Waals surface area contributed by atoms with Gasteiger partial charge in [0.05, 0.1) is 65.9 Å². The van der Waals surface area contributed by atoms with Crippen LogP contribution < -0.4 is 4.89 Å². The number of aliphatic hydroxyl groups excluding tert-OH is 2. The van der Waals surface area contributed by atoms with Gasteiger partial charge in [-0.3, -0.25) is 4.57 Å². The van der Waals surface area contributed by atoms with Crippen LogP contribution in [0.4, 0.5) is 0 Å². The van der Waals surface area contributed by atoms with Gasteiger partial charge in [-0.15, -0.1) is 0 Å². The zero-order valence-corrected chi connectivity index (χ0v) is 46.8. The SMILES string of the molecule is CCC[C@@H](C)[C@H]1CC[C@H]2[C@@H]3CC[C@@H]4C[C@H](C)CC[C@]4(C)[C@H]3C[C@H](OCCO)[C@]12C.CCC[C@@H](C)[C@H]1CC[C@H]2[C@@H]3CC[C@@H]4C[C@H](O)CC[C@]4(C)[C@H]3C[C@H](OCCOP(=O)([O-])OCC[N+](C)(C)C)[C@]12C.[2HH]. The summed E-state index contributed by atoms with van der Waals surface area (Å²) in [6.07, 6.45) is 25.9. The topological polar surface area (TPSA) is 118 Å². The lowest BCUT2D eigenvalue weighted by Crippen LogP contribution is -2.59. The molecule has 8 rings (SSSR count). The average molecular weight is 979 g/mol. The van der Waals surface area contributed by atoms with Gasteiger partial charge in [0.1, 0.15) is 13.2 Å². The molecule has 8 saturated carbocycles. The van der Waals surface area contributed by atoms with Crippen molar-refractivity contribution in [3.8, 4) is 0 Å². The fourth-order valence-corrected chi connectivity index (χ4v) is 20.0. The number of fused-ring (bicyclic) bond motifs is 10. The minimum atomic E-state index is -4.35. The van der Waals surface area contributed by atoms with Crippen molar-refractivity contribution in [3.63, 3.8) is 0 Å². The first-order valence-corrected chi connectivity index (χ1v) is 30.5. The van der Waals surface area contributed by atoms with E-state index in [9.17, 15) is 19.7 Å². The predicted molar refractivity (Wildman–Crippen MR) is 276 cm³/mol. The molecule has 2 N–H and O–H groups in total. The summed E-state index contributed by atoms with van der Waals surface area (Å²) in [6.45, 7) is 24.0. The molecule has 0 aromatic rings. The summed E-state index contributed by atoms with van der Waals surface area (Å²) in [7, 11) is 1.65. The molecule has 0 aromatic heterocycles. The molecule has 0 saturated heterocycles. The van der Waals surface area contributed by atoms with E-state index in [1.807, 2.05) is 21.1 Å². The second kappa shape index (κ2) is 22.4. The highest BCUT2D eigenvalue weighted by atomic mass is 31.2. The van der Waals surface area contributed by atoms with Gasteiger partial charge in [-0.25, -0.2) is 0 Å². The van der Waals surface area contributed by atoms with Crippen LogP contribution in [-0.2, 0) is 23.1 Å². The molecular formula is C58H108NO8P. The third-order valence-corrected chi connectivity index (χ3v) is 23.8. The van der Waals surface area contributed by atoms with E-state index < -0.39 is 7.82 Å². The van der Waals surface area contributed by atoms with E-state index in [2.05, 4.69) is 62.3 Å². The minimum Gasteiger partial charge on any atom is -0.756 e. The van der Waals surface area contributed by atoms with E-state index in [0.717, 1.165) is 73.0 Å². The predicted octanol–water partition coefficient (Wildman–Crippen LogP) is 12.6. The van der Waals surface area contributed by atoms with Crippen molar-refractivity contribution in [1.29, 1.82) is 0 Å². The molecule has 0 amide bonds. The van der Waals surface area contributed by atoms with E-state index >= 15 is 0 Å². The maximum Gasteiger partial charge on any atom is 0.268 e. The van der Waals surface area contributed by atoms with Crippen LogP contribution in [0.25, 0.3) is 0 Å². The van der Waals surface area contributed by atoms with E-state index in [1.54, 1.807) is 0 Å². The third kappa shape index (κ3) is 11.1. The molecule has 0 aliphatic heterocycles. The molecule has 0 heterocycles. The molecule has 8 aliphatic carbocycles. The summed E-state index contributed by atoms with van der Waals surface area (Å²) in [5, 5.41) is 20.0. The monoisotopic (exact) mass is 979 g/mol. The Bertz CT molecular complexity index is 1670. The molecule has 68 heavy (non-hydrogen) atoms. The van der Waals surface area contributed by atoms with Crippen LogP contribution >= 0.6 is 7.82 Å². The molecule has 0 spiro atoms. The van der Waals surface area contributed by atoms with Crippen molar-refractivity contribution in [2.24, 2.45) is 98.6 Å². The van der Waals surface area contributed by atoms with Crippen LogP contribution in [0.5, 0.6) is 0 Å². The largest absolute Gasteiger partial charge is 0.756 e. The fraction of sp³-hybridized carbons (Fsp3) is 1.00. The summed E-state index contributed by atoms with van der Waals surface area (Å²) in [5.41, 5.74) is 1.22. The Morgan fingerprint density at radius 1 is 0.647 bits per heavy atom. The Morgan fingerprint density at radius 2 is 1.13 bits per heavy atom. The van der Waals surface area contributed by atoms with Gasteiger partial charge in [-0.1, -0.05) is 94.4 Å². The van der Waals surface area contributed by atoms with Gasteiger partial charge in [0.25, 0.3) is 7.82 Å². The fourth-order valence-electron chi connectivity index (χ4n) is 19.3.